The highest BCUT2D eigenvalue weighted by Gasteiger charge is 2.22. The molecule has 1 aliphatic rings. The fourth-order valence-corrected chi connectivity index (χ4v) is 1.65. The summed E-state index contributed by atoms with van der Waals surface area (Å²) < 4.78 is 0. The van der Waals surface area contributed by atoms with Crippen LogP contribution in [0.25, 0.3) is 0 Å². The van der Waals surface area contributed by atoms with Gasteiger partial charge in [-0.1, -0.05) is 0 Å². The predicted octanol–water partition coefficient (Wildman–Crippen LogP) is 0.390. The van der Waals surface area contributed by atoms with Crippen molar-refractivity contribution in [3.8, 4) is 0 Å². The molecule has 0 aromatic carbocycles. The number of nitrogens with zero attached hydrogens (tertiary/aromatic N) is 2. The maximum absolute atomic E-state index is 11.9. The van der Waals surface area contributed by atoms with Crippen LogP contribution >= 0.6 is 12.4 Å². The van der Waals surface area contributed by atoms with E-state index in [0.29, 0.717) is 13.1 Å². The van der Waals surface area contributed by atoms with Crippen LogP contribution in [0.3, 0.4) is 0 Å². The molecule has 2 N–H and O–H groups in total. The number of nitro groups is 1. The van der Waals surface area contributed by atoms with Crippen molar-refractivity contribution in [3.05, 3.63) is 27.9 Å². The molecule has 1 aromatic heterocycles. The van der Waals surface area contributed by atoms with Crippen LogP contribution in [0.1, 0.15) is 10.5 Å². The molecule has 2 heterocycles. The second kappa shape index (κ2) is 5.65. The Morgan fingerprint density at radius 3 is 2.53 bits per heavy atom. The summed E-state index contributed by atoms with van der Waals surface area (Å²) in [4.78, 5) is 26.0. The highest BCUT2D eigenvalue weighted by atomic mass is 35.5. The molecule has 0 atom stereocenters. The molecule has 1 aliphatic heterocycles. The van der Waals surface area contributed by atoms with E-state index in [9.17, 15) is 14.9 Å². The Hall–Kier alpha value is -1.60. The lowest BCUT2D eigenvalue weighted by atomic mass is 10.3. The lowest BCUT2D eigenvalue weighted by Crippen LogP contribution is -2.46. The monoisotopic (exact) mass is 260 g/mol. The lowest BCUT2D eigenvalue weighted by molar-refractivity contribution is -0.389. The maximum atomic E-state index is 11.9. The van der Waals surface area contributed by atoms with Gasteiger partial charge in [-0.2, -0.15) is 0 Å². The maximum Gasteiger partial charge on any atom is 0.321 e. The molecule has 0 unspecified atom stereocenters. The minimum Gasteiger partial charge on any atom is -0.358 e. The van der Waals surface area contributed by atoms with Crippen LogP contribution in [-0.4, -0.2) is 46.9 Å². The second-order valence-corrected chi connectivity index (χ2v) is 3.56. The van der Waals surface area contributed by atoms with Crippen molar-refractivity contribution in [1.29, 1.82) is 0 Å². The molecule has 2 rings (SSSR count). The van der Waals surface area contributed by atoms with Gasteiger partial charge in [-0.15, -0.1) is 12.4 Å². The first kappa shape index (κ1) is 13.5. The van der Waals surface area contributed by atoms with Gasteiger partial charge in [0.2, 0.25) is 0 Å². The van der Waals surface area contributed by atoms with Gasteiger partial charge in [0.1, 0.15) is 0 Å². The molecular weight excluding hydrogens is 248 g/mol. The number of aromatic nitrogens is 1. The number of H-pyrrole nitrogens is 1. The molecule has 8 heteroatoms. The summed E-state index contributed by atoms with van der Waals surface area (Å²) in [5, 5.41) is 13.6. The minimum absolute atomic E-state index is 0. The van der Waals surface area contributed by atoms with Gasteiger partial charge in [0, 0.05) is 32.2 Å². The number of carbonyl (C=O) groups excluding carboxylic acids is 1. The average molecular weight is 261 g/mol. The van der Waals surface area contributed by atoms with E-state index in [0.717, 1.165) is 13.1 Å². The smallest absolute Gasteiger partial charge is 0.321 e. The summed E-state index contributed by atoms with van der Waals surface area (Å²) in [6.45, 7) is 2.78. The van der Waals surface area contributed by atoms with Crippen molar-refractivity contribution in [2.45, 2.75) is 0 Å². The van der Waals surface area contributed by atoms with Gasteiger partial charge in [0.05, 0.1) is 0 Å². The molecule has 1 aromatic rings. The number of amides is 1. The molecule has 1 amide bonds. The van der Waals surface area contributed by atoms with Crippen molar-refractivity contribution >= 4 is 24.1 Å². The summed E-state index contributed by atoms with van der Waals surface area (Å²) in [6, 6.07) is 2.75. The Morgan fingerprint density at radius 1 is 1.35 bits per heavy atom. The summed E-state index contributed by atoms with van der Waals surface area (Å²) >= 11 is 0. The van der Waals surface area contributed by atoms with Crippen LogP contribution in [0, 0.1) is 10.1 Å². The molecule has 0 bridgehead atoms. The highest BCUT2D eigenvalue weighted by Crippen LogP contribution is 2.12. The van der Waals surface area contributed by atoms with Crippen molar-refractivity contribution < 1.29 is 9.72 Å². The zero-order valence-electron chi connectivity index (χ0n) is 9.01. The number of hydrogen-bond acceptors (Lipinski definition) is 4. The van der Waals surface area contributed by atoms with E-state index in [1.54, 1.807) is 4.90 Å². The number of halogens is 1. The van der Waals surface area contributed by atoms with Crippen molar-refractivity contribution in [2.24, 2.45) is 0 Å². The lowest BCUT2D eigenvalue weighted by Gasteiger charge is -2.26. The van der Waals surface area contributed by atoms with E-state index in [2.05, 4.69) is 10.3 Å². The topological polar surface area (TPSA) is 91.3 Å². The number of aromatic amines is 1. The highest BCUT2D eigenvalue weighted by molar-refractivity contribution is 5.93. The zero-order chi connectivity index (χ0) is 11.5. The van der Waals surface area contributed by atoms with Crippen LogP contribution in [0.15, 0.2) is 12.1 Å². The van der Waals surface area contributed by atoms with Crippen molar-refractivity contribution in [2.75, 3.05) is 26.2 Å². The Morgan fingerprint density at radius 2 is 2.00 bits per heavy atom. The summed E-state index contributed by atoms with van der Waals surface area (Å²) in [5.74, 6) is -0.340. The van der Waals surface area contributed by atoms with E-state index in [1.165, 1.54) is 12.1 Å². The first-order valence-corrected chi connectivity index (χ1v) is 5.02. The van der Waals surface area contributed by atoms with Crippen LogP contribution in [0.2, 0.25) is 0 Å². The largest absolute Gasteiger partial charge is 0.358 e. The summed E-state index contributed by atoms with van der Waals surface area (Å²) in [6.07, 6.45) is 0. The standard InChI is InChI=1S/C9H12N4O3.ClH/c14-9(12-5-3-10-4-6-12)7-1-2-8(11-7)13(15)16;/h1-2,10-11H,3-6H2;1H. The van der Waals surface area contributed by atoms with Gasteiger partial charge in [-0.05, 0) is 11.0 Å². The van der Waals surface area contributed by atoms with E-state index < -0.39 is 4.92 Å². The zero-order valence-corrected chi connectivity index (χ0v) is 9.83. The molecule has 17 heavy (non-hydrogen) atoms. The molecular formula is C9H13ClN4O3. The Kier molecular flexibility index (Phi) is 4.47. The van der Waals surface area contributed by atoms with E-state index in [1.807, 2.05) is 0 Å². The molecule has 0 radical (unpaired) electrons. The van der Waals surface area contributed by atoms with Gasteiger partial charge in [-0.25, -0.2) is 4.98 Å². The van der Waals surface area contributed by atoms with E-state index in [4.69, 9.17) is 0 Å². The normalized spacial score (nSPS) is 15.2. The number of rotatable bonds is 2. The van der Waals surface area contributed by atoms with Crippen LogP contribution in [0.4, 0.5) is 5.82 Å². The Balaban J connectivity index is 0.00000144. The molecule has 1 saturated heterocycles. The van der Waals surface area contributed by atoms with Crippen LogP contribution < -0.4 is 5.32 Å². The van der Waals surface area contributed by atoms with Gasteiger partial charge in [0.25, 0.3) is 5.91 Å². The SMILES string of the molecule is Cl.O=C(c1ccc([N+](=O)[O-])[nH]1)N1CCNCC1. The van der Waals surface area contributed by atoms with Crippen molar-refractivity contribution in [1.82, 2.24) is 15.2 Å². The van der Waals surface area contributed by atoms with Gasteiger partial charge in [-0.3, -0.25) is 4.79 Å². The molecule has 0 saturated carbocycles. The molecule has 0 spiro atoms. The first-order chi connectivity index (χ1) is 7.68. The van der Waals surface area contributed by atoms with Gasteiger partial charge < -0.3 is 20.3 Å². The minimum atomic E-state index is -0.547. The summed E-state index contributed by atoms with van der Waals surface area (Å²) in [5.41, 5.74) is 0.272. The molecule has 94 valence electrons. The Bertz CT molecular complexity index is 414. The third-order valence-electron chi connectivity index (χ3n) is 2.50. The number of piperazine rings is 1. The van der Waals surface area contributed by atoms with Crippen LogP contribution in [-0.2, 0) is 0 Å². The average Bonchev–Trinajstić information content (AvgIpc) is 2.78. The van der Waals surface area contributed by atoms with Gasteiger partial charge in [0.15, 0.2) is 5.69 Å². The number of nitrogens with one attached hydrogen (secondary N) is 2. The van der Waals surface area contributed by atoms with E-state index >= 15 is 0 Å². The number of carbonyl (C=O) groups is 1. The molecule has 1 fully saturated rings. The third kappa shape index (κ3) is 2.95. The summed E-state index contributed by atoms with van der Waals surface area (Å²) in [7, 11) is 0. The quantitative estimate of drug-likeness (QED) is 0.594. The third-order valence-corrected chi connectivity index (χ3v) is 2.50. The van der Waals surface area contributed by atoms with Crippen LogP contribution in [0.5, 0.6) is 0 Å². The second-order valence-electron chi connectivity index (χ2n) is 3.56. The molecule has 7 nitrogen and oxygen atoms in total. The number of hydrogen-bond donors (Lipinski definition) is 2. The predicted molar refractivity (Wildman–Crippen MR) is 63.5 cm³/mol. The van der Waals surface area contributed by atoms with Crippen molar-refractivity contribution in [3.63, 3.8) is 0 Å². The molecule has 0 aliphatic carbocycles. The fraction of sp³-hybridized carbons (Fsp3) is 0.444. The van der Waals surface area contributed by atoms with Gasteiger partial charge >= 0.3 is 5.82 Å². The Labute approximate surface area is 104 Å². The first-order valence-electron chi connectivity index (χ1n) is 5.02. The van der Waals surface area contributed by atoms with E-state index in [-0.39, 0.29) is 29.8 Å². The fourth-order valence-electron chi connectivity index (χ4n) is 1.65.